The van der Waals surface area contributed by atoms with Gasteiger partial charge < -0.3 is 15.1 Å². The number of nitrogens with zero attached hydrogens (tertiary/aromatic N) is 1. The number of alkyl halides is 3. The summed E-state index contributed by atoms with van der Waals surface area (Å²) in [4.78, 5) is 12.2. The monoisotopic (exact) mass is 507 g/mol. The molecule has 0 atom stereocenters. The predicted molar refractivity (Wildman–Crippen MR) is 123 cm³/mol. The highest BCUT2D eigenvalue weighted by Gasteiger charge is 2.32. The maximum atomic E-state index is 13.0. The highest BCUT2D eigenvalue weighted by Crippen LogP contribution is 2.30. The smallest absolute Gasteiger partial charge is 0.416 e. The minimum Gasteiger partial charge on any atom is -0.446 e. The van der Waals surface area contributed by atoms with Gasteiger partial charge in [0.05, 0.1) is 12.1 Å². The second kappa shape index (κ2) is 10.1. The van der Waals surface area contributed by atoms with Gasteiger partial charge >= 0.3 is 6.18 Å². The minimum absolute atomic E-state index is 0.0440. The van der Waals surface area contributed by atoms with E-state index < -0.39 is 21.8 Å². The Morgan fingerprint density at radius 1 is 0.971 bits per heavy atom. The van der Waals surface area contributed by atoms with Crippen molar-refractivity contribution in [2.75, 3.05) is 18.4 Å². The van der Waals surface area contributed by atoms with E-state index in [0.29, 0.717) is 29.9 Å². The fourth-order valence-corrected chi connectivity index (χ4v) is 5.21. The molecule has 1 aliphatic rings. The number of hydrogen-bond donors (Lipinski definition) is 2. The molecule has 0 unspecified atom stereocenters. The number of carbonyl (C=O) groups is 1. The summed E-state index contributed by atoms with van der Waals surface area (Å²) in [5, 5.41) is 5.65. The lowest BCUT2D eigenvalue weighted by molar-refractivity contribution is -0.137. The van der Waals surface area contributed by atoms with Crippen molar-refractivity contribution >= 4 is 21.6 Å². The number of nitrogens with one attached hydrogen (secondary N) is 2. The summed E-state index contributed by atoms with van der Waals surface area (Å²) in [5.41, 5.74) is 0.314. The minimum atomic E-state index is -4.39. The molecule has 11 heteroatoms. The van der Waals surface area contributed by atoms with Crippen LogP contribution in [0.25, 0.3) is 0 Å². The molecule has 0 bridgehead atoms. The van der Waals surface area contributed by atoms with E-state index in [4.69, 9.17) is 4.42 Å². The molecule has 2 N–H and O–H groups in total. The predicted octanol–water partition coefficient (Wildman–Crippen LogP) is 4.49. The van der Waals surface area contributed by atoms with Gasteiger partial charge in [-0.15, -0.1) is 0 Å². The third-order valence-electron chi connectivity index (χ3n) is 5.73. The molecular weight excluding hydrogens is 483 g/mol. The summed E-state index contributed by atoms with van der Waals surface area (Å²) in [7, 11) is -3.85. The van der Waals surface area contributed by atoms with Gasteiger partial charge in [-0.1, -0.05) is 18.2 Å². The Labute approximate surface area is 201 Å². The van der Waals surface area contributed by atoms with E-state index in [9.17, 15) is 26.4 Å². The zero-order valence-corrected chi connectivity index (χ0v) is 19.4. The summed E-state index contributed by atoms with van der Waals surface area (Å²) in [6.07, 6.45) is -3.42. The van der Waals surface area contributed by atoms with Gasteiger partial charge in [0, 0.05) is 30.4 Å². The van der Waals surface area contributed by atoms with Crippen LogP contribution in [0.5, 0.6) is 0 Å². The van der Waals surface area contributed by atoms with Gasteiger partial charge in [0.2, 0.25) is 5.09 Å². The Balaban J connectivity index is 1.30. The van der Waals surface area contributed by atoms with Crippen molar-refractivity contribution in [3.63, 3.8) is 0 Å². The first-order valence-corrected chi connectivity index (χ1v) is 12.4. The van der Waals surface area contributed by atoms with E-state index >= 15 is 0 Å². The topological polar surface area (TPSA) is 91.7 Å². The van der Waals surface area contributed by atoms with Crippen molar-refractivity contribution in [1.29, 1.82) is 0 Å². The first-order chi connectivity index (χ1) is 16.6. The van der Waals surface area contributed by atoms with Crippen LogP contribution in [0.1, 0.15) is 34.5 Å². The second-order valence-corrected chi connectivity index (χ2v) is 10.0. The number of hydrogen-bond acceptors (Lipinski definition) is 5. The Kier molecular flexibility index (Phi) is 7.18. The number of halogens is 3. The van der Waals surface area contributed by atoms with Gasteiger partial charge in [-0.3, -0.25) is 4.79 Å². The fourth-order valence-electron chi connectivity index (χ4n) is 3.81. The molecule has 1 aliphatic heterocycles. The van der Waals surface area contributed by atoms with Gasteiger partial charge in [-0.05, 0) is 61.4 Å². The van der Waals surface area contributed by atoms with Crippen molar-refractivity contribution < 1.29 is 30.8 Å². The maximum absolute atomic E-state index is 13.0. The molecule has 1 saturated heterocycles. The van der Waals surface area contributed by atoms with Crippen LogP contribution in [0, 0.1) is 0 Å². The molecular formula is C24H24F3N3O4S. The van der Waals surface area contributed by atoms with E-state index in [1.165, 1.54) is 28.6 Å². The average molecular weight is 508 g/mol. The zero-order chi connectivity index (χ0) is 25.1. The number of piperidine rings is 1. The second-order valence-electron chi connectivity index (χ2n) is 8.17. The molecule has 186 valence electrons. The lowest BCUT2D eigenvalue weighted by atomic mass is 10.1. The highest BCUT2D eigenvalue weighted by molar-refractivity contribution is 7.89. The molecule has 1 amide bonds. The molecule has 1 fully saturated rings. The summed E-state index contributed by atoms with van der Waals surface area (Å²) < 4.78 is 70.9. The number of benzene rings is 2. The van der Waals surface area contributed by atoms with Crippen molar-refractivity contribution in [3.8, 4) is 0 Å². The molecule has 2 aromatic carbocycles. The Bertz CT molecular complexity index is 1250. The van der Waals surface area contributed by atoms with Gasteiger partial charge in [0.15, 0.2) is 0 Å². The van der Waals surface area contributed by atoms with E-state index in [1.54, 1.807) is 30.3 Å². The number of anilines is 1. The van der Waals surface area contributed by atoms with Gasteiger partial charge in [-0.2, -0.15) is 17.5 Å². The van der Waals surface area contributed by atoms with Crippen LogP contribution >= 0.6 is 0 Å². The van der Waals surface area contributed by atoms with Crippen LogP contribution in [0.2, 0.25) is 0 Å². The number of carbonyl (C=O) groups excluding carboxylic acids is 1. The van der Waals surface area contributed by atoms with Crippen LogP contribution in [-0.4, -0.2) is 37.8 Å². The molecule has 0 spiro atoms. The summed E-state index contributed by atoms with van der Waals surface area (Å²) in [6.45, 7) is 0.519. The third-order valence-corrected chi connectivity index (χ3v) is 7.50. The van der Waals surface area contributed by atoms with Crippen molar-refractivity contribution in [2.24, 2.45) is 0 Å². The maximum Gasteiger partial charge on any atom is 0.416 e. The fraction of sp³-hybridized carbons (Fsp3) is 0.292. The molecule has 7 nitrogen and oxygen atoms in total. The van der Waals surface area contributed by atoms with Crippen molar-refractivity contribution in [1.82, 2.24) is 9.62 Å². The van der Waals surface area contributed by atoms with E-state index in [2.05, 4.69) is 10.6 Å². The lowest BCUT2D eigenvalue weighted by Gasteiger charge is -2.31. The molecule has 35 heavy (non-hydrogen) atoms. The van der Waals surface area contributed by atoms with Gasteiger partial charge in [0.1, 0.15) is 5.76 Å². The average Bonchev–Trinajstić information content (AvgIpc) is 3.33. The van der Waals surface area contributed by atoms with Crippen LogP contribution in [0.15, 0.2) is 76.2 Å². The number of amides is 1. The van der Waals surface area contributed by atoms with Crippen LogP contribution in [0.4, 0.5) is 18.9 Å². The normalized spacial score (nSPS) is 15.6. The molecule has 0 aliphatic carbocycles. The zero-order valence-electron chi connectivity index (χ0n) is 18.6. The molecule has 0 saturated carbocycles. The van der Waals surface area contributed by atoms with E-state index in [1.807, 2.05) is 0 Å². The number of rotatable bonds is 7. The molecule has 1 aromatic heterocycles. The van der Waals surface area contributed by atoms with Crippen molar-refractivity contribution in [3.05, 3.63) is 83.6 Å². The SMILES string of the molecule is O=C(NCc1ccc(S(=O)(=O)N2CCC(Nc3ccc(C(F)(F)F)cc3)CC2)o1)c1ccccc1. The quantitative estimate of drug-likeness (QED) is 0.492. The van der Waals surface area contributed by atoms with E-state index in [-0.39, 0.29) is 36.7 Å². The Hall–Kier alpha value is -3.31. The third kappa shape index (κ3) is 6.04. The van der Waals surface area contributed by atoms with Crippen LogP contribution in [0.3, 0.4) is 0 Å². The van der Waals surface area contributed by atoms with E-state index in [0.717, 1.165) is 12.1 Å². The summed E-state index contributed by atoms with van der Waals surface area (Å²) in [5.74, 6) is 0.0146. The Morgan fingerprint density at radius 2 is 1.63 bits per heavy atom. The van der Waals surface area contributed by atoms with Crippen molar-refractivity contribution in [2.45, 2.75) is 36.7 Å². The Morgan fingerprint density at radius 3 is 2.26 bits per heavy atom. The first kappa shape index (κ1) is 24.8. The van der Waals surface area contributed by atoms with Crippen LogP contribution < -0.4 is 10.6 Å². The first-order valence-electron chi connectivity index (χ1n) is 11.0. The van der Waals surface area contributed by atoms with Crippen LogP contribution in [-0.2, 0) is 22.7 Å². The lowest BCUT2D eigenvalue weighted by Crippen LogP contribution is -2.42. The summed E-state index contributed by atoms with van der Waals surface area (Å²) >= 11 is 0. The standard InChI is InChI=1S/C24H24F3N3O4S/c25-24(26,27)18-6-8-19(9-7-18)29-20-12-14-30(15-13-20)35(32,33)22-11-10-21(34-22)16-28-23(31)17-4-2-1-3-5-17/h1-11,20,29H,12-16H2,(H,28,31). The largest absolute Gasteiger partial charge is 0.446 e. The van der Waals surface area contributed by atoms with Gasteiger partial charge in [-0.25, -0.2) is 8.42 Å². The number of sulfonamides is 1. The molecule has 0 radical (unpaired) electrons. The molecule has 3 aromatic rings. The molecule has 2 heterocycles. The number of furan rings is 1. The summed E-state index contributed by atoms with van der Waals surface area (Å²) in [6, 6.07) is 16.2. The highest BCUT2D eigenvalue weighted by atomic mass is 32.2. The molecule has 4 rings (SSSR count). The van der Waals surface area contributed by atoms with Gasteiger partial charge in [0.25, 0.3) is 15.9 Å².